The Morgan fingerprint density at radius 1 is 1.14 bits per heavy atom. The van der Waals surface area contributed by atoms with Gasteiger partial charge in [-0.2, -0.15) is 0 Å². The minimum absolute atomic E-state index is 0.102. The summed E-state index contributed by atoms with van der Waals surface area (Å²) in [6, 6.07) is 5.17. The number of benzene rings is 1. The third kappa shape index (κ3) is 3.21. The molecule has 7 nitrogen and oxygen atoms in total. The molecule has 2 aliphatic heterocycles. The molecule has 150 valence electrons. The average molecular weight is 405 g/mol. The lowest BCUT2D eigenvalue weighted by Gasteiger charge is -2.25. The Hall–Kier alpha value is -2.28. The first kappa shape index (κ1) is 19.1. The molecular weight excluding hydrogens is 380 g/mol. The number of carbonyl (C=O) groups is 3. The number of hydrogen-bond donors (Lipinski definition) is 1. The van der Waals surface area contributed by atoms with Gasteiger partial charge in [-0.3, -0.25) is 14.5 Å². The molecule has 8 heteroatoms. The molecule has 4 rings (SSSR count). The molecule has 0 unspecified atom stereocenters. The first-order valence-electron chi connectivity index (χ1n) is 9.86. The van der Waals surface area contributed by atoms with Crippen LogP contribution in [-0.2, 0) is 9.59 Å². The summed E-state index contributed by atoms with van der Waals surface area (Å²) in [5, 5.41) is 3.43. The zero-order chi connectivity index (χ0) is 19.9. The number of fused-ring (bicyclic) bond motifs is 1. The van der Waals surface area contributed by atoms with Gasteiger partial charge in [-0.15, -0.1) is 0 Å². The number of carbonyl (C=O) groups excluding carboxylic acids is 3. The van der Waals surface area contributed by atoms with Crippen molar-refractivity contribution in [2.24, 2.45) is 0 Å². The van der Waals surface area contributed by atoms with Crippen LogP contribution in [-0.4, -0.2) is 55.0 Å². The second-order valence-electron chi connectivity index (χ2n) is 7.88. The zero-order valence-corrected chi connectivity index (χ0v) is 16.8. The van der Waals surface area contributed by atoms with Crippen molar-refractivity contribution >= 4 is 40.8 Å². The first-order valence-corrected chi connectivity index (χ1v) is 10.2. The number of nitrogens with one attached hydrogen (secondary N) is 1. The minimum atomic E-state index is -0.731. The van der Waals surface area contributed by atoms with Crippen LogP contribution >= 0.6 is 11.6 Å². The third-order valence-corrected chi connectivity index (χ3v) is 6.30. The van der Waals surface area contributed by atoms with Crippen LogP contribution in [0, 0.1) is 0 Å². The molecular formula is C20H25ClN4O3. The van der Waals surface area contributed by atoms with Crippen LogP contribution in [0.15, 0.2) is 18.2 Å². The Labute approximate surface area is 169 Å². The highest BCUT2D eigenvalue weighted by Crippen LogP contribution is 2.36. The SMILES string of the molecule is CN1CCCN(C(=O)CCN2C(=O)NC3(CCCC3)C2=O)c2cc(Cl)ccc21. The van der Waals surface area contributed by atoms with Crippen molar-refractivity contribution in [3.8, 4) is 0 Å². The highest BCUT2D eigenvalue weighted by atomic mass is 35.5. The standard InChI is InChI=1S/C20H25ClN4O3/c1-23-10-4-11-24(16-13-14(21)5-6-15(16)23)17(26)7-12-25-18(27)20(22-19(25)28)8-2-3-9-20/h5-6,13H,2-4,7-12H2,1H3,(H,22,28). The summed E-state index contributed by atoms with van der Waals surface area (Å²) in [6.07, 6.45) is 4.19. The Morgan fingerprint density at radius 2 is 1.89 bits per heavy atom. The highest BCUT2D eigenvalue weighted by molar-refractivity contribution is 6.31. The Bertz CT molecular complexity index is 822. The normalized spacial score (nSPS) is 21.1. The van der Waals surface area contributed by atoms with Gasteiger partial charge in [0, 0.05) is 38.1 Å². The zero-order valence-electron chi connectivity index (χ0n) is 16.0. The quantitative estimate of drug-likeness (QED) is 0.786. The summed E-state index contributed by atoms with van der Waals surface area (Å²) in [5.74, 6) is -0.284. The fraction of sp³-hybridized carbons (Fsp3) is 0.550. The van der Waals surface area contributed by atoms with E-state index < -0.39 is 5.54 Å². The van der Waals surface area contributed by atoms with Crippen LogP contribution < -0.4 is 15.1 Å². The predicted molar refractivity (Wildman–Crippen MR) is 108 cm³/mol. The van der Waals surface area contributed by atoms with Crippen molar-refractivity contribution in [3.63, 3.8) is 0 Å². The Morgan fingerprint density at radius 3 is 2.64 bits per heavy atom. The molecule has 2 heterocycles. The number of urea groups is 1. The van der Waals surface area contributed by atoms with E-state index in [4.69, 9.17) is 11.6 Å². The number of nitrogens with zero attached hydrogens (tertiary/aromatic N) is 3. The maximum absolute atomic E-state index is 13.0. The summed E-state index contributed by atoms with van der Waals surface area (Å²) in [4.78, 5) is 43.1. The van der Waals surface area contributed by atoms with Crippen LogP contribution in [0.25, 0.3) is 0 Å². The van der Waals surface area contributed by atoms with Gasteiger partial charge in [0.05, 0.1) is 11.4 Å². The monoisotopic (exact) mass is 404 g/mol. The molecule has 1 N–H and O–H groups in total. The number of imide groups is 1. The minimum Gasteiger partial charge on any atom is -0.373 e. The number of amides is 4. The van der Waals surface area contributed by atoms with Gasteiger partial charge in [0.2, 0.25) is 5.91 Å². The average Bonchev–Trinajstić information content (AvgIpc) is 3.17. The smallest absolute Gasteiger partial charge is 0.325 e. The molecule has 1 aromatic carbocycles. The van der Waals surface area contributed by atoms with E-state index in [9.17, 15) is 14.4 Å². The summed E-state index contributed by atoms with van der Waals surface area (Å²) in [7, 11) is 2.00. The van der Waals surface area contributed by atoms with Crippen LogP contribution in [0.2, 0.25) is 5.02 Å². The summed E-state index contributed by atoms with van der Waals surface area (Å²) >= 11 is 6.17. The van der Waals surface area contributed by atoms with E-state index >= 15 is 0 Å². The van der Waals surface area contributed by atoms with Crippen molar-refractivity contribution < 1.29 is 14.4 Å². The molecule has 4 amide bonds. The van der Waals surface area contributed by atoms with Gasteiger partial charge in [-0.25, -0.2) is 4.79 Å². The van der Waals surface area contributed by atoms with Gasteiger partial charge in [0.25, 0.3) is 5.91 Å². The first-order chi connectivity index (χ1) is 13.4. The van der Waals surface area contributed by atoms with Gasteiger partial charge < -0.3 is 15.1 Å². The molecule has 3 aliphatic rings. The maximum Gasteiger partial charge on any atom is 0.325 e. The lowest BCUT2D eigenvalue weighted by molar-refractivity contribution is -0.131. The second kappa shape index (κ2) is 7.28. The van der Waals surface area contributed by atoms with Crippen LogP contribution in [0.3, 0.4) is 0 Å². The van der Waals surface area contributed by atoms with E-state index in [-0.39, 0.29) is 30.8 Å². The Balaban J connectivity index is 1.48. The van der Waals surface area contributed by atoms with E-state index in [1.54, 1.807) is 11.0 Å². The summed E-state index contributed by atoms with van der Waals surface area (Å²) in [5.41, 5.74) is 1.00. The number of anilines is 2. The molecule has 2 fully saturated rings. The van der Waals surface area contributed by atoms with Crippen LogP contribution in [0.5, 0.6) is 0 Å². The lowest BCUT2D eigenvalue weighted by atomic mass is 9.98. The molecule has 1 aliphatic carbocycles. The summed E-state index contributed by atoms with van der Waals surface area (Å²) in [6.45, 7) is 1.53. The van der Waals surface area contributed by atoms with Crippen LogP contribution in [0.4, 0.5) is 16.2 Å². The van der Waals surface area contributed by atoms with Gasteiger partial charge in [-0.05, 0) is 37.5 Å². The van der Waals surface area contributed by atoms with Crippen molar-refractivity contribution in [2.75, 3.05) is 36.5 Å². The number of halogens is 1. The molecule has 0 radical (unpaired) electrons. The number of hydrogen-bond acceptors (Lipinski definition) is 4. The van der Waals surface area contributed by atoms with Gasteiger partial charge >= 0.3 is 6.03 Å². The van der Waals surface area contributed by atoms with E-state index in [0.29, 0.717) is 24.4 Å². The highest BCUT2D eigenvalue weighted by Gasteiger charge is 2.52. The fourth-order valence-electron chi connectivity index (χ4n) is 4.54. The van der Waals surface area contributed by atoms with Crippen molar-refractivity contribution in [2.45, 2.75) is 44.1 Å². The largest absolute Gasteiger partial charge is 0.373 e. The molecule has 0 atom stereocenters. The van der Waals surface area contributed by atoms with Crippen molar-refractivity contribution in [3.05, 3.63) is 23.2 Å². The summed E-state index contributed by atoms with van der Waals surface area (Å²) < 4.78 is 0. The van der Waals surface area contributed by atoms with Crippen LogP contribution in [0.1, 0.15) is 38.5 Å². The molecule has 1 aromatic rings. The van der Waals surface area contributed by atoms with E-state index in [0.717, 1.165) is 37.2 Å². The van der Waals surface area contributed by atoms with E-state index in [1.165, 1.54) is 4.90 Å². The van der Waals surface area contributed by atoms with Gasteiger partial charge in [0.1, 0.15) is 5.54 Å². The van der Waals surface area contributed by atoms with Gasteiger partial charge in [0.15, 0.2) is 0 Å². The van der Waals surface area contributed by atoms with Gasteiger partial charge in [-0.1, -0.05) is 24.4 Å². The molecule has 1 saturated carbocycles. The Kier molecular flexibility index (Phi) is 4.95. The second-order valence-corrected chi connectivity index (χ2v) is 8.32. The third-order valence-electron chi connectivity index (χ3n) is 6.07. The molecule has 28 heavy (non-hydrogen) atoms. The molecule has 1 spiro atoms. The molecule has 0 aromatic heterocycles. The predicted octanol–water partition coefficient (Wildman–Crippen LogP) is 2.77. The van der Waals surface area contributed by atoms with Crippen molar-refractivity contribution in [1.29, 1.82) is 0 Å². The molecule has 1 saturated heterocycles. The fourth-order valence-corrected chi connectivity index (χ4v) is 4.71. The number of rotatable bonds is 3. The topological polar surface area (TPSA) is 73.0 Å². The molecule has 0 bridgehead atoms. The maximum atomic E-state index is 13.0. The van der Waals surface area contributed by atoms with Crippen molar-refractivity contribution in [1.82, 2.24) is 10.2 Å². The lowest BCUT2D eigenvalue weighted by Crippen LogP contribution is -2.44. The van der Waals surface area contributed by atoms with E-state index in [1.807, 2.05) is 19.2 Å². The van der Waals surface area contributed by atoms with E-state index in [2.05, 4.69) is 10.2 Å².